The standard InChI is InChI=1S/C22H33N3O3S/c1-17(26)21-14-18(16-29-21)15-23-6-4-20(5-7-23)24-8-2-19(3-9-24)22(27)25-10-12-28-13-11-25/h14,16,19-20H,2-13,15H2,1H3. The number of rotatable bonds is 5. The van der Waals surface area contributed by atoms with E-state index in [1.165, 1.54) is 18.4 Å². The summed E-state index contributed by atoms with van der Waals surface area (Å²) in [6.07, 6.45) is 4.40. The zero-order valence-electron chi connectivity index (χ0n) is 17.5. The molecule has 3 aliphatic rings. The molecule has 7 heteroatoms. The molecule has 0 saturated carbocycles. The van der Waals surface area contributed by atoms with E-state index in [1.807, 2.05) is 4.90 Å². The molecule has 160 valence electrons. The molecule has 1 amide bonds. The van der Waals surface area contributed by atoms with Gasteiger partial charge in [-0.3, -0.25) is 14.5 Å². The van der Waals surface area contributed by atoms with Crippen LogP contribution in [0.15, 0.2) is 11.4 Å². The molecule has 0 aromatic carbocycles. The van der Waals surface area contributed by atoms with Crippen LogP contribution in [0.4, 0.5) is 0 Å². The monoisotopic (exact) mass is 419 g/mol. The maximum absolute atomic E-state index is 12.7. The quantitative estimate of drug-likeness (QED) is 0.687. The van der Waals surface area contributed by atoms with E-state index < -0.39 is 0 Å². The number of ether oxygens (including phenoxy) is 1. The number of ketones is 1. The number of amides is 1. The van der Waals surface area contributed by atoms with Crippen molar-refractivity contribution in [3.05, 3.63) is 21.9 Å². The van der Waals surface area contributed by atoms with Crippen LogP contribution in [0.3, 0.4) is 0 Å². The van der Waals surface area contributed by atoms with Crippen molar-refractivity contribution in [2.45, 2.75) is 45.2 Å². The summed E-state index contributed by atoms with van der Waals surface area (Å²) in [5.41, 5.74) is 1.26. The second kappa shape index (κ2) is 9.69. The highest BCUT2D eigenvalue weighted by Gasteiger charge is 2.32. The Labute approximate surface area is 177 Å². The van der Waals surface area contributed by atoms with Crippen molar-refractivity contribution in [2.75, 3.05) is 52.5 Å². The van der Waals surface area contributed by atoms with Crippen molar-refractivity contribution in [1.29, 1.82) is 0 Å². The fourth-order valence-electron chi connectivity index (χ4n) is 4.90. The van der Waals surface area contributed by atoms with E-state index in [0.29, 0.717) is 25.2 Å². The average Bonchev–Trinajstić information content (AvgIpc) is 3.23. The SMILES string of the molecule is CC(=O)c1cc(CN2CCC(N3CCC(C(=O)N4CCOCC4)CC3)CC2)cs1. The van der Waals surface area contributed by atoms with Crippen LogP contribution in [-0.4, -0.2) is 84.9 Å². The Morgan fingerprint density at radius 1 is 1.03 bits per heavy atom. The van der Waals surface area contributed by atoms with Crippen molar-refractivity contribution in [3.8, 4) is 0 Å². The lowest BCUT2D eigenvalue weighted by Gasteiger charge is -2.42. The topological polar surface area (TPSA) is 53.1 Å². The average molecular weight is 420 g/mol. The van der Waals surface area contributed by atoms with Gasteiger partial charge in [0.1, 0.15) is 0 Å². The molecule has 3 fully saturated rings. The van der Waals surface area contributed by atoms with E-state index in [0.717, 1.165) is 63.5 Å². The van der Waals surface area contributed by atoms with Gasteiger partial charge in [0.15, 0.2) is 5.78 Å². The van der Waals surface area contributed by atoms with Gasteiger partial charge >= 0.3 is 0 Å². The summed E-state index contributed by atoms with van der Waals surface area (Å²) in [5, 5.41) is 2.12. The van der Waals surface area contributed by atoms with Gasteiger partial charge in [-0.2, -0.15) is 0 Å². The summed E-state index contributed by atoms with van der Waals surface area (Å²) in [6.45, 7) is 9.81. The molecule has 1 aromatic rings. The summed E-state index contributed by atoms with van der Waals surface area (Å²) in [7, 11) is 0. The van der Waals surface area contributed by atoms with Crippen molar-refractivity contribution < 1.29 is 14.3 Å². The lowest BCUT2D eigenvalue weighted by atomic mass is 9.92. The molecule has 29 heavy (non-hydrogen) atoms. The van der Waals surface area contributed by atoms with Crippen molar-refractivity contribution in [1.82, 2.24) is 14.7 Å². The number of likely N-dealkylation sites (tertiary alicyclic amines) is 2. The van der Waals surface area contributed by atoms with Crippen LogP contribution >= 0.6 is 11.3 Å². The third kappa shape index (κ3) is 5.26. The fourth-order valence-corrected chi connectivity index (χ4v) is 5.70. The summed E-state index contributed by atoms with van der Waals surface area (Å²) in [6, 6.07) is 2.70. The minimum absolute atomic E-state index is 0.162. The highest BCUT2D eigenvalue weighted by Crippen LogP contribution is 2.26. The highest BCUT2D eigenvalue weighted by molar-refractivity contribution is 7.12. The van der Waals surface area contributed by atoms with Crippen LogP contribution in [0.2, 0.25) is 0 Å². The summed E-state index contributed by atoms with van der Waals surface area (Å²) in [5.74, 6) is 0.720. The molecule has 6 nitrogen and oxygen atoms in total. The lowest BCUT2D eigenvalue weighted by Crippen LogP contribution is -2.50. The highest BCUT2D eigenvalue weighted by atomic mass is 32.1. The summed E-state index contributed by atoms with van der Waals surface area (Å²) < 4.78 is 5.37. The third-order valence-electron chi connectivity index (χ3n) is 6.68. The molecular formula is C22H33N3O3S. The van der Waals surface area contributed by atoms with Crippen LogP contribution in [-0.2, 0) is 16.1 Å². The van der Waals surface area contributed by atoms with Crippen molar-refractivity contribution >= 4 is 23.0 Å². The molecule has 0 atom stereocenters. The Morgan fingerprint density at radius 3 is 2.34 bits per heavy atom. The molecule has 3 saturated heterocycles. The van der Waals surface area contributed by atoms with Gasteiger partial charge in [0, 0.05) is 31.6 Å². The molecule has 0 aliphatic carbocycles. The first-order valence-electron chi connectivity index (χ1n) is 11.0. The number of carbonyl (C=O) groups is 2. The summed E-state index contributed by atoms with van der Waals surface area (Å²) in [4.78, 5) is 32.2. The largest absolute Gasteiger partial charge is 0.378 e. The summed E-state index contributed by atoms with van der Waals surface area (Å²) >= 11 is 1.56. The van der Waals surface area contributed by atoms with E-state index in [1.54, 1.807) is 18.3 Å². The van der Waals surface area contributed by atoms with Gasteiger partial charge in [-0.05, 0) is 75.8 Å². The molecule has 0 radical (unpaired) electrons. The van der Waals surface area contributed by atoms with Crippen LogP contribution in [0.25, 0.3) is 0 Å². The molecule has 0 spiro atoms. The predicted octanol–water partition coefficient (Wildman–Crippen LogP) is 2.49. The van der Waals surface area contributed by atoms with Gasteiger partial charge in [0.05, 0.1) is 18.1 Å². The van der Waals surface area contributed by atoms with E-state index in [9.17, 15) is 9.59 Å². The number of piperidine rings is 2. The minimum atomic E-state index is 0.162. The number of nitrogens with zero attached hydrogens (tertiary/aromatic N) is 3. The van der Waals surface area contributed by atoms with Crippen LogP contribution in [0, 0.1) is 5.92 Å². The Balaban J connectivity index is 1.19. The van der Waals surface area contributed by atoms with E-state index in [2.05, 4.69) is 21.2 Å². The number of hydrogen-bond acceptors (Lipinski definition) is 6. The van der Waals surface area contributed by atoms with E-state index >= 15 is 0 Å². The number of thiophene rings is 1. The van der Waals surface area contributed by atoms with Crippen LogP contribution < -0.4 is 0 Å². The van der Waals surface area contributed by atoms with Gasteiger partial charge in [-0.15, -0.1) is 11.3 Å². The first kappa shape index (κ1) is 21.0. The number of morpholine rings is 1. The van der Waals surface area contributed by atoms with Gasteiger partial charge in [0.2, 0.25) is 5.91 Å². The second-order valence-electron chi connectivity index (χ2n) is 8.63. The molecule has 0 bridgehead atoms. The number of Topliss-reactive ketones (excluding diaryl/α,β-unsaturated/α-hetero) is 1. The second-order valence-corrected chi connectivity index (χ2v) is 9.54. The van der Waals surface area contributed by atoms with Crippen molar-refractivity contribution in [3.63, 3.8) is 0 Å². The van der Waals surface area contributed by atoms with Gasteiger partial charge < -0.3 is 14.5 Å². The zero-order valence-corrected chi connectivity index (χ0v) is 18.3. The molecule has 0 N–H and O–H groups in total. The molecule has 4 rings (SSSR count). The fraction of sp³-hybridized carbons (Fsp3) is 0.727. The van der Waals surface area contributed by atoms with E-state index in [4.69, 9.17) is 4.74 Å². The maximum atomic E-state index is 12.7. The van der Waals surface area contributed by atoms with Gasteiger partial charge in [-0.25, -0.2) is 0 Å². The molecular weight excluding hydrogens is 386 g/mol. The number of hydrogen-bond donors (Lipinski definition) is 0. The maximum Gasteiger partial charge on any atom is 0.225 e. The molecule has 1 aromatic heterocycles. The molecule has 3 aliphatic heterocycles. The van der Waals surface area contributed by atoms with E-state index in [-0.39, 0.29) is 11.7 Å². The first-order valence-corrected chi connectivity index (χ1v) is 11.9. The van der Waals surface area contributed by atoms with Gasteiger partial charge in [0.25, 0.3) is 0 Å². The molecule has 0 unspecified atom stereocenters. The first-order chi connectivity index (χ1) is 14.1. The third-order valence-corrected chi connectivity index (χ3v) is 7.76. The Hall–Kier alpha value is -1.28. The van der Waals surface area contributed by atoms with Crippen molar-refractivity contribution in [2.24, 2.45) is 5.92 Å². The number of carbonyl (C=O) groups excluding carboxylic acids is 2. The predicted molar refractivity (Wildman–Crippen MR) is 114 cm³/mol. The normalized spacial score (nSPS) is 23.4. The molecule has 4 heterocycles. The smallest absolute Gasteiger partial charge is 0.225 e. The minimum Gasteiger partial charge on any atom is -0.378 e. The zero-order chi connectivity index (χ0) is 20.2. The van der Waals surface area contributed by atoms with Crippen LogP contribution in [0.5, 0.6) is 0 Å². The Kier molecular flexibility index (Phi) is 7.00. The Bertz CT molecular complexity index is 700. The Morgan fingerprint density at radius 2 is 1.72 bits per heavy atom. The van der Waals surface area contributed by atoms with Gasteiger partial charge in [-0.1, -0.05) is 0 Å². The lowest BCUT2D eigenvalue weighted by molar-refractivity contribution is -0.141. The van der Waals surface area contributed by atoms with Crippen LogP contribution in [0.1, 0.15) is 47.8 Å².